The number of carbonyl (C=O) groups is 2. The second-order valence-corrected chi connectivity index (χ2v) is 5.89. The van der Waals surface area contributed by atoms with E-state index in [0.29, 0.717) is 19.0 Å². The Morgan fingerprint density at radius 3 is 2.80 bits per heavy atom. The third-order valence-electron chi connectivity index (χ3n) is 4.27. The fraction of sp³-hybridized carbons (Fsp3) is 0.867. The minimum Gasteiger partial charge on any atom is -0.353 e. The van der Waals surface area contributed by atoms with Gasteiger partial charge in [0, 0.05) is 25.6 Å². The van der Waals surface area contributed by atoms with Crippen LogP contribution in [0.5, 0.6) is 0 Å². The van der Waals surface area contributed by atoms with Crippen molar-refractivity contribution in [3.05, 3.63) is 0 Å². The standard InChI is InChI=1S/C15H27N3O2/c1-2-6-14(19)18-10-4-3-8-13(18)15(20)17-11-12-7-5-9-16-12/h12-13,16H,2-11H2,1H3,(H,17,20). The Bertz CT molecular complexity index is 340. The number of rotatable bonds is 5. The molecule has 0 aliphatic carbocycles. The Labute approximate surface area is 121 Å². The number of nitrogens with one attached hydrogen (secondary N) is 2. The first-order valence-electron chi connectivity index (χ1n) is 8.03. The van der Waals surface area contributed by atoms with Gasteiger partial charge in [-0.15, -0.1) is 0 Å². The highest BCUT2D eigenvalue weighted by Gasteiger charge is 2.31. The number of hydrogen-bond donors (Lipinski definition) is 2. The summed E-state index contributed by atoms with van der Waals surface area (Å²) in [5, 5.41) is 6.40. The van der Waals surface area contributed by atoms with Crippen molar-refractivity contribution in [2.45, 2.75) is 64.0 Å². The molecular formula is C15H27N3O2. The van der Waals surface area contributed by atoms with Crippen LogP contribution in [-0.4, -0.2) is 48.4 Å². The van der Waals surface area contributed by atoms with E-state index >= 15 is 0 Å². The van der Waals surface area contributed by atoms with Crippen LogP contribution in [0.15, 0.2) is 0 Å². The molecule has 0 saturated carbocycles. The molecule has 0 spiro atoms. The molecule has 2 aliphatic rings. The molecule has 2 rings (SSSR count). The predicted molar refractivity (Wildman–Crippen MR) is 78.3 cm³/mol. The van der Waals surface area contributed by atoms with Crippen LogP contribution < -0.4 is 10.6 Å². The molecular weight excluding hydrogens is 254 g/mol. The summed E-state index contributed by atoms with van der Waals surface area (Å²) in [5.41, 5.74) is 0. The number of nitrogens with zero attached hydrogens (tertiary/aromatic N) is 1. The van der Waals surface area contributed by atoms with Gasteiger partial charge in [-0.25, -0.2) is 0 Å². The van der Waals surface area contributed by atoms with E-state index in [2.05, 4.69) is 10.6 Å². The lowest BCUT2D eigenvalue weighted by molar-refractivity contribution is -0.142. The van der Waals surface area contributed by atoms with Crippen LogP contribution in [0.25, 0.3) is 0 Å². The first-order valence-corrected chi connectivity index (χ1v) is 8.03. The van der Waals surface area contributed by atoms with Crippen molar-refractivity contribution in [3.8, 4) is 0 Å². The molecule has 0 bridgehead atoms. The van der Waals surface area contributed by atoms with Crippen molar-refractivity contribution < 1.29 is 9.59 Å². The second-order valence-electron chi connectivity index (χ2n) is 5.89. The van der Waals surface area contributed by atoms with E-state index in [9.17, 15) is 9.59 Å². The molecule has 2 saturated heterocycles. The Hall–Kier alpha value is -1.10. The van der Waals surface area contributed by atoms with Crippen molar-refractivity contribution in [3.63, 3.8) is 0 Å². The molecule has 2 heterocycles. The van der Waals surface area contributed by atoms with Crippen LogP contribution in [0.2, 0.25) is 0 Å². The van der Waals surface area contributed by atoms with Gasteiger partial charge in [0.1, 0.15) is 6.04 Å². The molecule has 2 aliphatic heterocycles. The smallest absolute Gasteiger partial charge is 0.242 e. The normalized spacial score (nSPS) is 26.6. The van der Waals surface area contributed by atoms with Crippen molar-refractivity contribution in [1.29, 1.82) is 0 Å². The highest BCUT2D eigenvalue weighted by molar-refractivity contribution is 5.87. The minimum absolute atomic E-state index is 0.0304. The average molecular weight is 281 g/mol. The topological polar surface area (TPSA) is 61.4 Å². The van der Waals surface area contributed by atoms with E-state index < -0.39 is 0 Å². The Morgan fingerprint density at radius 2 is 2.10 bits per heavy atom. The van der Waals surface area contributed by atoms with Gasteiger partial charge in [-0.2, -0.15) is 0 Å². The third-order valence-corrected chi connectivity index (χ3v) is 4.27. The van der Waals surface area contributed by atoms with Crippen LogP contribution >= 0.6 is 0 Å². The highest BCUT2D eigenvalue weighted by Crippen LogP contribution is 2.18. The van der Waals surface area contributed by atoms with Crippen LogP contribution in [0.4, 0.5) is 0 Å². The fourth-order valence-corrected chi connectivity index (χ4v) is 3.13. The molecule has 114 valence electrons. The molecule has 2 fully saturated rings. The van der Waals surface area contributed by atoms with Gasteiger partial charge in [0.15, 0.2) is 0 Å². The molecule has 2 unspecified atom stereocenters. The number of hydrogen-bond acceptors (Lipinski definition) is 3. The summed E-state index contributed by atoms with van der Waals surface area (Å²) in [6.45, 7) is 4.47. The van der Waals surface area contributed by atoms with Gasteiger partial charge in [-0.05, 0) is 45.1 Å². The third kappa shape index (κ3) is 3.95. The number of amides is 2. The van der Waals surface area contributed by atoms with Gasteiger partial charge >= 0.3 is 0 Å². The molecule has 2 atom stereocenters. The summed E-state index contributed by atoms with van der Waals surface area (Å²) in [4.78, 5) is 26.2. The van der Waals surface area contributed by atoms with Crippen LogP contribution in [0, 0.1) is 0 Å². The van der Waals surface area contributed by atoms with E-state index in [1.165, 1.54) is 6.42 Å². The molecule has 0 aromatic rings. The molecule has 0 radical (unpaired) electrons. The van der Waals surface area contributed by atoms with Crippen molar-refractivity contribution in [2.75, 3.05) is 19.6 Å². The predicted octanol–water partition coefficient (Wildman–Crippen LogP) is 1.04. The van der Waals surface area contributed by atoms with E-state index in [-0.39, 0.29) is 17.9 Å². The molecule has 0 aromatic heterocycles. The molecule has 5 heteroatoms. The van der Waals surface area contributed by atoms with Gasteiger partial charge in [-0.3, -0.25) is 9.59 Å². The lowest BCUT2D eigenvalue weighted by Gasteiger charge is -2.35. The zero-order valence-corrected chi connectivity index (χ0v) is 12.5. The maximum atomic E-state index is 12.3. The summed E-state index contributed by atoms with van der Waals surface area (Å²) < 4.78 is 0. The second kappa shape index (κ2) is 7.62. The lowest BCUT2D eigenvalue weighted by Crippen LogP contribution is -2.53. The Balaban J connectivity index is 1.85. The number of carbonyl (C=O) groups excluding carboxylic acids is 2. The molecule has 5 nitrogen and oxygen atoms in total. The van der Waals surface area contributed by atoms with Crippen molar-refractivity contribution >= 4 is 11.8 Å². The summed E-state index contributed by atoms with van der Waals surface area (Å²) in [6, 6.07) is 0.159. The van der Waals surface area contributed by atoms with E-state index in [4.69, 9.17) is 0 Å². The highest BCUT2D eigenvalue weighted by atomic mass is 16.2. The minimum atomic E-state index is -0.246. The average Bonchev–Trinajstić information content (AvgIpc) is 2.98. The van der Waals surface area contributed by atoms with Crippen LogP contribution in [-0.2, 0) is 9.59 Å². The first kappa shape index (κ1) is 15.3. The first-order chi connectivity index (χ1) is 9.72. The zero-order chi connectivity index (χ0) is 14.4. The van der Waals surface area contributed by atoms with Crippen molar-refractivity contribution in [2.24, 2.45) is 0 Å². The zero-order valence-electron chi connectivity index (χ0n) is 12.5. The molecule has 2 amide bonds. The van der Waals surface area contributed by atoms with Gasteiger partial charge in [0.2, 0.25) is 11.8 Å². The largest absolute Gasteiger partial charge is 0.353 e. The monoisotopic (exact) mass is 281 g/mol. The summed E-state index contributed by atoms with van der Waals surface area (Å²) in [7, 11) is 0. The summed E-state index contributed by atoms with van der Waals surface area (Å²) in [6.07, 6.45) is 6.57. The SMILES string of the molecule is CCCC(=O)N1CCCCC1C(=O)NCC1CCCN1. The van der Waals surface area contributed by atoms with Crippen LogP contribution in [0.1, 0.15) is 51.9 Å². The molecule has 0 aromatic carbocycles. The van der Waals surface area contributed by atoms with E-state index in [1.807, 2.05) is 6.92 Å². The lowest BCUT2D eigenvalue weighted by atomic mass is 10.0. The van der Waals surface area contributed by atoms with Crippen LogP contribution in [0.3, 0.4) is 0 Å². The maximum Gasteiger partial charge on any atom is 0.242 e. The summed E-state index contributed by atoms with van der Waals surface area (Å²) in [5.74, 6) is 0.161. The Kier molecular flexibility index (Phi) is 5.83. The van der Waals surface area contributed by atoms with Crippen molar-refractivity contribution in [1.82, 2.24) is 15.5 Å². The summed E-state index contributed by atoms with van der Waals surface area (Å²) >= 11 is 0. The van der Waals surface area contributed by atoms with Gasteiger partial charge in [-0.1, -0.05) is 6.92 Å². The maximum absolute atomic E-state index is 12.3. The van der Waals surface area contributed by atoms with Gasteiger partial charge < -0.3 is 15.5 Å². The quantitative estimate of drug-likeness (QED) is 0.791. The molecule has 20 heavy (non-hydrogen) atoms. The number of piperidine rings is 1. The number of likely N-dealkylation sites (tertiary alicyclic amines) is 1. The van der Waals surface area contributed by atoms with Gasteiger partial charge in [0.05, 0.1) is 0 Å². The fourth-order valence-electron chi connectivity index (χ4n) is 3.13. The van der Waals surface area contributed by atoms with Gasteiger partial charge in [0.25, 0.3) is 0 Å². The Morgan fingerprint density at radius 1 is 1.25 bits per heavy atom. The molecule has 2 N–H and O–H groups in total. The van der Waals surface area contributed by atoms with E-state index in [1.54, 1.807) is 4.90 Å². The van der Waals surface area contributed by atoms with E-state index in [0.717, 1.165) is 45.2 Å².